The molecule has 0 aliphatic carbocycles. The lowest BCUT2D eigenvalue weighted by Gasteiger charge is -2.20. The van der Waals surface area contributed by atoms with Crippen LogP contribution in [0.5, 0.6) is 0 Å². The Morgan fingerprint density at radius 2 is 2.16 bits per heavy atom. The van der Waals surface area contributed by atoms with E-state index in [2.05, 4.69) is 49.3 Å². The molecule has 2 aromatic rings. The van der Waals surface area contributed by atoms with E-state index >= 15 is 0 Å². The third-order valence-electron chi connectivity index (χ3n) is 3.30. The Balaban J connectivity index is 2.20. The van der Waals surface area contributed by atoms with E-state index < -0.39 is 0 Å². The molecule has 1 atom stereocenters. The van der Waals surface area contributed by atoms with Crippen molar-refractivity contribution < 1.29 is 0 Å². The molecule has 0 aliphatic heterocycles. The zero-order valence-corrected chi connectivity index (χ0v) is 12.8. The quantitative estimate of drug-likeness (QED) is 0.860. The van der Waals surface area contributed by atoms with E-state index in [-0.39, 0.29) is 0 Å². The molecular formula is C16H22N2S. The summed E-state index contributed by atoms with van der Waals surface area (Å²) in [5.41, 5.74) is 4.09. The smallest absolute Gasteiger partial charge is 0.0943 e. The second-order valence-electron chi connectivity index (χ2n) is 5.00. The predicted molar refractivity (Wildman–Crippen MR) is 82.8 cm³/mol. The normalized spacial score (nSPS) is 12.6. The highest BCUT2D eigenvalue weighted by atomic mass is 32.1. The van der Waals surface area contributed by atoms with Gasteiger partial charge in [-0.05, 0) is 37.9 Å². The minimum absolute atomic E-state index is 0.367. The zero-order chi connectivity index (χ0) is 13.7. The first-order chi connectivity index (χ1) is 9.20. The van der Waals surface area contributed by atoms with Gasteiger partial charge in [0.25, 0.3) is 0 Å². The van der Waals surface area contributed by atoms with Crippen LogP contribution in [0.2, 0.25) is 0 Å². The summed E-state index contributed by atoms with van der Waals surface area (Å²) in [6, 6.07) is 7.08. The summed E-state index contributed by atoms with van der Waals surface area (Å²) >= 11 is 1.74. The molecule has 3 heteroatoms. The standard InChI is InChI=1S/C16H22N2S/c1-4-7-17-15(11-16-18-8-9-19-16)14-6-5-12(2)10-13(14)3/h5-6,8-10,15,17H,4,7,11H2,1-3H3. The maximum Gasteiger partial charge on any atom is 0.0943 e. The lowest BCUT2D eigenvalue weighted by Crippen LogP contribution is -2.24. The monoisotopic (exact) mass is 274 g/mol. The van der Waals surface area contributed by atoms with E-state index in [4.69, 9.17) is 0 Å². The molecule has 1 aromatic heterocycles. The summed E-state index contributed by atoms with van der Waals surface area (Å²) in [7, 11) is 0. The fourth-order valence-electron chi connectivity index (χ4n) is 2.36. The highest BCUT2D eigenvalue weighted by molar-refractivity contribution is 7.09. The predicted octanol–water partition coefficient (Wildman–Crippen LogP) is 4.04. The van der Waals surface area contributed by atoms with Crippen LogP contribution in [0.15, 0.2) is 29.8 Å². The average Bonchev–Trinajstić information content (AvgIpc) is 2.88. The number of benzene rings is 1. The number of hydrogen-bond donors (Lipinski definition) is 1. The molecule has 2 rings (SSSR count). The number of hydrogen-bond acceptors (Lipinski definition) is 3. The van der Waals surface area contributed by atoms with E-state index in [0.717, 1.165) is 19.4 Å². The molecule has 0 amide bonds. The molecule has 2 nitrogen and oxygen atoms in total. The molecule has 0 spiro atoms. The lowest BCUT2D eigenvalue weighted by molar-refractivity contribution is 0.526. The first-order valence-electron chi connectivity index (χ1n) is 6.89. The molecular weight excluding hydrogens is 252 g/mol. The first-order valence-corrected chi connectivity index (χ1v) is 7.77. The van der Waals surface area contributed by atoms with Crippen molar-refractivity contribution >= 4 is 11.3 Å². The van der Waals surface area contributed by atoms with Crippen LogP contribution in [0.4, 0.5) is 0 Å². The summed E-state index contributed by atoms with van der Waals surface area (Å²) in [5, 5.41) is 6.90. The highest BCUT2D eigenvalue weighted by Crippen LogP contribution is 2.23. The molecule has 0 saturated heterocycles. The summed E-state index contributed by atoms with van der Waals surface area (Å²) < 4.78 is 0. The van der Waals surface area contributed by atoms with Crippen LogP contribution in [0, 0.1) is 13.8 Å². The largest absolute Gasteiger partial charge is 0.310 e. The minimum Gasteiger partial charge on any atom is -0.310 e. The molecule has 0 aliphatic rings. The van der Waals surface area contributed by atoms with Crippen LogP contribution < -0.4 is 5.32 Å². The number of nitrogens with one attached hydrogen (secondary N) is 1. The highest BCUT2D eigenvalue weighted by Gasteiger charge is 2.15. The van der Waals surface area contributed by atoms with Gasteiger partial charge in [-0.3, -0.25) is 0 Å². The topological polar surface area (TPSA) is 24.9 Å². The summed E-state index contributed by atoms with van der Waals surface area (Å²) in [4.78, 5) is 4.42. The van der Waals surface area contributed by atoms with Crippen molar-refractivity contribution in [1.29, 1.82) is 0 Å². The Kier molecular flexibility index (Phi) is 5.11. The fourth-order valence-corrected chi connectivity index (χ4v) is 3.02. The second-order valence-corrected chi connectivity index (χ2v) is 5.98. The molecule has 0 saturated carbocycles. The van der Waals surface area contributed by atoms with Gasteiger partial charge in [0.2, 0.25) is 0 Å². The van der Waals surface area contributed by atoms with E-state index in [1.54, 1.807) is 11.3 Å². The third kappa shape index (κ3) is 3.88. The maximum atomic E-state index is 4.42. The molecule has 1 heterocycles. The SMILES string of the molecule is CCCNC(Cc1nccs1)c1ccc(C)cc1C. The number of rotatable bonds is 6. The molecule has 1 unspecified atom stereocenters. The van der Waals surface area contributed by atoms with Crippen molar-refractivity contribution in [2.75, 3.05) is 6.54 Å². The van der Waals surface area contributed by atoms with Crippen LogP contribution in [0.3, 0.4) is 0 Å². The van der Waals surface area contributed by atoms with Gasteiger partial charge in [-0.2, -0.15) is 0 Å². The molecule has 19 heavy (non-hydrogen) atoms. The van der Waals surface area contributed by atoms with E-state index in [0.29, 0.717) is 6.04 Å². The number of aryl methyl sites for hydroxylation is 2. The van der Waals surface area contributed by atoms with Crippen molar-refractivity contribution in [2.24, 2.45) is 0 Å². The van der Waals surface area contributed by atoms with Gasteiger partial charge in [-0.15, -0.1) is 11.3 Å². The Bertz CT molecular complexity index is 505. The van der Waals surface area contributed by atoms with Crippen molar-refractivity contribution in [2.45, 2.75) is 39.7 Å². The number of thiazole rings is 1. The van der Waals surface area contributed by atoms with E-state index in [1.807, 2.05) is 11.6 Å². The van der Waals surface area contributed by atoms with Gasteiger partial charge in [0, 0.05) is 24.0 Å². The first kappa shape index (κ1) is 14.2. The Morgan fingerprint density at radius 1 is 1.32 bits per heavy atom. The van der Waals surface area contributed by atoms with Crippen molar-refractivity contribution in [3.63, 3.8) is 0 Å². The van der Waals surface area contributed by atoms with Gasteiger partial charge in [-0.25, -0.2) is 4.98 Å². The summed E-state index contributed by atoms with van der Waals surface area (Å²) in [5.74, 6) is 0. The molecule has 1 aromatic carbocycles. The molecule has 0 bridgehead atoms. The van der Waals surface area contributed by atoms with Crippen LogP contribution in [-0.2, 0) is 6.42 Å². The van der Waals surface area contributed by atoms with Gasteiger partial charge in [0.15, 0.2) is 0 Å². The van der Waals surface area contributed by atoms with Crippen molar-refractivity contribution in [1.82, 2.24) is 10.3 Å². The van der Waals surface area contributed by atoms with Crippen LogP contribution >= 0.6 is 11.3 Å². The van der Waals surface area contributed by atoms with Crippen molar-refractivity contribution in [3.05, 3.63) is 51.5 Å². The molecule has 102 valence electrons. The maximum absolute atomic E-state index is 4.42. The molecule has 0 fully saturated rings. The van der Waals surface area contributed by atoms with Gasteiger partial charge in [0.1, 0.15) is 0 Å². The lowest BCUT2D eigenvalue weighted by atomic mass is 9.97. The fraction of sp³-hybridized carbons (Fsp3) is 0.438. The second kappa shape index (κ2) is 6.83. The Hall–Kier alpha value is -1.19. The van der Waals surface area contributed by atoms with Gasteiger partial charge < -0.3 is 5.32 Å². The number of aromatic nitrogens is 1. The molecule has 0 radical (unpaired) electrons. The van der Waals surface area contributed by atoms with Crippen molar-refractivity contribution in [3.8, 4) is 0 Å². The number of nitrogens with zero attached hydrogens (tertiary/aromatic N) is 1. The van der Waals surface area contributed by atoms with Crippen LogP contribution in [-0.4, -0.2) is 11.5 Å². The zero-order valence-electron chi connectivity index (χ0n) is 11.9. The Labute approximate surface area is 119 Å². The molecule has 1 N–H and O–H groups in total. The average molecular weight is 274 g/mol. The van der Waals surface area contributed by atoms with Crippen LogP contribution in [0.25, 0.3) is 0 Å². The van der Waals surface area contributed by atoms with Crippen LogP contribution in [0.1, 0.15) is 41.1 Å². The van der Waals surface area contributed by atoms with Gasteiger partial charge in [0.05, 0.1) is 5.01 Å². The van der Waals surface area contributed by atoms with E-state index in [9.17, 15) is 0 Å². The third-order valence-corrected chi connectivity index (χ3v) is 4.11. The van der Waals surface area contributed by atoms with Gasteiger partial charge in [-0.1, -0.05) is 30.7 Å². The summed E-state index contributed by atoms with van der Waals surface area (Å²) in [6.45, 7) is 7.59. The minimum atomic E-state index is 0.367. The van der Waals surface area contributed by atoms with Gasteiger partial charge >= 0.3 is 0 Å². The van der Waals surface area contributed by atoms with E-state index in [1.165, 1.54) is 21.7 Å². The summed E-state index contributed by atoms with van der Waals surface area (Å²) in [6.07, 6.45) is 4.01. The Morgan fingerprint density at radius 3 is 2.79 bits per heavy atom.